The Morgan fingerprint density at radius 3 is 2.76 bits per heavy atom. The van der Waals surface area contributed by atoms with E-state index in [2.05, 4.69) is 0 Å². The Morgan fingerprint density at radius 1 is 1.16 bits per heavy atom. The quantitative estimate of drug-likeness (QED) is 0.478. The summed E-state index contributed by atoms with van der Waals surface area (Å²) >= 11 is 0. The summed E-state index contributed by atoms with van der Waals surface area (Å²) < 4.78 is 45.9. The molecule has 136 valence electrons. The highest BCUT2D eigenvalue weighted by Crippen LogP contribution is 2.60. The molecule has 0 aromatic carbocycles. The van der Waals surface area contributed by atoms with Gasteiger partial charge in [-0.3, -0.25) is 13.8 Å². The van der Waals surface area contributed by atoms with Gasteiger partial charge in [0.1, 0.15) is 23.6 Å². The Balaban J connectivity index is 1.26. The minimum atomic E-state index is -3.64. The van der Waals surface area contributed by atoms with Gasteiger partial charge < -0.3 is 14.2 Å². The van der Waals surface area contributed by atoms with Crippen molar-refractivity contribution in [1.29, 1.82) is 0 Å². The molecule has 0 aromatic heterocycles. The molecule has 6 fully saturated rings. The number of ether oxygens (including phenoxy) is 3. The van der Waals surface area contributed by atoms with E-state index in [1.54, 1.807) is 0 Å². The first-order valence-corrected chi connectivity index (χ1v) is 10.3. The fourth-order valence-corrected chi connectivity index (χ4v) is 7.93. The normalized spacial score (nSPS) is 58.8. The summed E-state index contributed by atoms with van der Waals surface area (Å²) in [6.45, 7) is 2.02. The van der Waals surface area contributed by atoms with Crippen molar-refractivity contribution < 1.29 is 36.4 Å². The Bertz CT molecular complexity index is 792. The van der Waals surface area contributed by atoms with Crippen molar-refractivity contribution in [2.75, 3.05) is 0 Å². The van der Waals surface area contributed by atoms with Gasteiger partial charge in [0.05, 0.1) is 17.9 Å². The Labute approximate surface area is 144 Å². The van der Waals surface area contributed by atoms with Gasteiger partial charge in [-0.2, -0.15) is 8.42 Å². The number of rotatable bonds is 2. The SMILES string of the molecule is CC1C2CC3C1OC(=O)C3C2C(=O)OC1C2CC3C(O2)C1OS3(=O)=O. The molecule has 2 aliphatic carbocycles. The maximum Gasteiger partial charge on any atom is 0.310 e. The molecule has 11 unspecified atom stereocenters. The van der Waals surface area contributed by atoms with E-state index in [4.69, 9.17) is 18.4 Å². The third kappa shape index (κ3) is 1.63. The van der Waals surface area contributed by atoms with Crippen LogP contribution >= 0.6 is 0 Å². The molecule has 8 nitrogen and oxygen atoms in total. The van der Waals surface area contributed by atoms with Crippen LogP contribution in [0.4, 0.5) is 0 Å². The van der Waals surface area contributed by atoms with E-state index < -0.39 is 57.6 Å². The molecule has 0 N–H and O–H groups in total. The second-order valence-electron chi connectivity index (χ2n) is 8.24. The van der Waals surface area contributed by atoms with Crippen LogP contribution in [0.25, 0.3) is 0 Å². The monoisotopic (exact) mass is 370 g/mol. The summed E-state index contributed by atoms with van der Waals surface area (Å²) in [7, 11) is -3.64. The fraction of sp³-hybridized carbons (Fsp3) is 0.875. The summed E-state index contributed by atoms with van der Waals surface area (Å²) in [5.41, 5.74) is 0. The van der Waals surface area contributed by atoms with Crippen molar-refractivity contribution in [2.45, 2.75) is 55.5 Å². The Kier molecular flexibility index (Phi) is 2.61. The van der Waals surface area contributed by atoms with Crippen molar-refractivity contribution in [1.82, 2.24) is 0 Å². The van der Waals surface area contributed by atoms with Crippen LogP contribution in [0, 0.1) is 29.6 Å². The van der Waals surface area contributed by atoms with Gasteiger partial charge in [0.25, 0.3) is 10.1 Å². The molecule has 4 heterocycles. The smallest absolute Gasteiger partial charge is 0.310 e. The standard InChI is InChI=1S/C16H18O8S/c1-4-5-2-6-10(16(18)22-11(4)6)9(5)15(17)23-12-7-3-8-13(21-7)14(12)24-25(8,19)20/h4-14H,2-3H2,1H3. The lowest BCUT2D eigenvalue weighted by Gasteiger charge is -2.30. The predicted octanol–water partition coefficient (Wildman–Crippen LogP) is -0.390. The third-order valence-corrected chi connectivity index (χ3v) is 9.00. The molecule has 4 aliphatic heterocycles. The highest BCUT2D eigenvalue weighted by Gasteiger charge is 2.70. The first-order valence-electron chi connectivity index (χ1n) is 8.85. The molecular weight excluding hydrogens is 352 g/mol. The fourth-order valence-electron chi connectivity index (χ4n) is 6.28. The molecule has 0 aromatic rings. The van der Waals surface area contributed by atoms with Gasteiger partial charge in [-0.1, -0.05) is 6.92 Å². The lowest BCUT2D eigenvalue weighted by Crippen LogP contribution is -2.45. The van der Waals surface area contributed by atoms with E-state index in [-0.39, 0.29) is 29.8 Å². The van der Waals surface area contributed by atoms with Gasteiger partial charge in [-0.15, -0.1) is 0 Å². The molecule has 0 amide bonds. The number of esters is 2. The first kappa shape index (κ1) is 14.9. The topological polar surface area (TPSA) is 105 Å². The van der Waals surface area contributed by atoms with Gasteiger partial charge in [-0.25, -0.2) is 0 Å². The van der Waals surface area contributed by atoms with E-state index in [1.165, 1.54) is 0 Å². The predicted molar refractivity (Wildman–Crippen MR) is 78.4 cm³/mol. The van der Waals surface area contributed by atoms with E-state index >= 15 is 0 Å². The summed E-state index contributed by atoms with van der Waals surface area (Å²) in [5, 5.41) is -0.648. The molecular formula is C16H18O8S. The lowest BCUT2D eigenvalue weighted by molar-refractivity contribution is -0.165. The molecule has 0 spiro atoms. The van der Waals surface area contributed by atoms with Crippen molar-refractivity contribution >= 4 is 22.1 Å². The van der Waals surface area contributed by atoms with Crippen LogP contribution < -0.4 is 0 Å². The van der Waals surface area contributed by atoms with E-state index in [0.717, 1.165) is 6.42 Å². The summed E-state index contributed by atoms with van der Waals surface area (Å²) in [6, 6.07) is 0. The van der Waals surface area contributed by atoms with Crippen molar-refractivity contribution in [3.05, 3.63) is 0 Å². The zero-order valence-electron chi connectivity index (χ0n) is 13.4. The molecule has 6 rings (SSSR count). The molecule has 9 heteroatoms. The molecule has 2 saturated carbocycles. The molecule has 4 bridgehead atoms. The van der Waals surface area contributed by atoms with Crippen LogP contribution in [0.5, 0.6) is 0 Å². The number of carbonyl (C=O) groups is 2. The van der Waals surface area contributed by atoms with Crippen LogP contribution in [0.15, 0.2) is 0 Å². The number of hydrogen-bond acceptors (Lipinski definition) is 8. The second-order valence-corrected chi connectivity index (χ2v) is 10.0. The first-order chi connectivity index (χ1) is 11.9. The average Bonchev–Trinajstić information content (AvgIpc) is 3.30. The van der Waals surface area contributed by atoms with Crippen LogP contribution in [0.1, 0.15) is 19.8 Å². The van der Waals surface area contributed by atoms with Crippen molar-refractivity contribution in [2.24, 2.45) is 29.6 Å². The number of fused-ring (bicyclic) bond motifs is 2. The zero-order valence-corrected chi connectivity index (χ0v) is 14.3. The van der Waals surface area contributed by atoms with Crippen LogP contribution in [-0.4, -0.2) is 56.1 Å². The van der Waals surface area contributed by atoms with E-state index in [1.807, 2.05) is 6.92 Å². The van der Waals surface area contributed by atoms with Gasteiger partial charge in [-0.05, 0) is 24.7 Å². The highest BCUT2D eigenvalue weighted by molar-refractivity contribution is 7.87. The van der Waals surface area contributed by atoms with Gasteiger partial charge in [0, 0.05) is 5.92 Å². The lowest BCUT2D eigenvalue weighted by atomic mass is 9.75. The second kappa shape index (κ2) is 4.37. The number of hydrogen-bond donors (Lipinski definition) is 0. The Hall–Kier alpha value is -1.19. The van der Waals surface area contributed by atoms with E-state index in [0.29, 0.717) is 6.42 Å². The highest BCUT2D eigenvalue weighted by atomic mass is 32.2. The average molecular weight is 370 g/mol. The molecule has 4 saturated heterocycles. The van der Waals surface area contributed by atoms with Gasteiger partial charge >= 0.3 is 11.9 Å². The maximum absolute atomic E-state index is 12.9. The molecule has 11 atom stereocenters. The molecule has 6 aliphatic rings. The third-order valence-electron chi connectivity index (χ3n) is 7.31. The summed E-state index contributed by atoms with van der Waals surface area (Å²) in [4.78, 5) is 25.1. The molecule has 0 radical (unpaired) electrons. The molecule has 25 heavy (non-hydrogen) atoms. The van der Waals surface area contributed by atoms with Crippen molar-refractivity contribution in [3.8, 4) is 0 Å². The van der Waals surface area contributed by atoms with Crippen LogP contribution in [0.2, 0.25) is 0 Å². The maximum atomic E-state index is 12.9. The van der Waals surface area contributed by atoms with Gasteiger partial charge in [0.2, 0.25) is 0 Å². The largest absolute Gasteiger partial charge is 0.462 e. The summed E-state index contributed by atoms with van der Waals surface area (Å²) in [6.07, 6.45) is -1.42. The van der Waals surface area contributed by atoms with E-state index in [9.17, 15) is 18.0 Å². The zero-order chi connectivity index (χ0) is 17.2. The van der Waals surface area contributed by atoms with Crippen LogP contribution in [-0.2, 0) is 38.1 Å². The van der Waals surface area contributed by atoms with Gasteiger partial charge in [0.15, 0.2) is 6.10 Å². The number of carbonyl (C=O) groups excluding carboxylic acids is 2. The minimum Gasteiger partial charge on any atom is -0.462 e. The Morgan fingerprint density at radius 2 is 1.96 bits per heavy atom. The summed E-state index contributed by atoms with van der Waals surface area (Å²) in [5.74, 6) is -1.32. The minimum absolute atomic E-state index is 0.0681. The van der Waals surface area contributed by atoms with Crippen LogP contribution in [0.3, 0.4) is 0 Å². The van der Waals surface area contributed by atoms with Crippen molar-refractivity contribution in [3.63, 3.8) is 0 Å².